The van der Waals surface area contributed by atoms with E-state index in [9.17, 15) is 14.4 Å². The standard InChI is InChI=1S/C21H23NO6/c1-5-14-6-9-16(10-7-14)22-20(24)13(2)28-21(25)18-15(12-23)8-11-17(26-3)19(18)27-4/h6-13H,5H2,1-4H3,(H,22,24)/t13-/m1/s1. The van der Waals surface area contributed by atoms with Crippen LogP contribution in [0.25, 0.3) is 0 Å². The molecule has 2 rings (SSSR count). The number of ether oxygens (including phenoxy) is 3. The average molecular weight is 385 g/mol. The van der Waals surface area contributed by atoms with Crippen molar-refractivity contribution in [1.29, 1.82) is 0 Å². The van der Waals surface area contributed by atoms with Gasteiger partial charge in [-0.3, -0.25) is 9.59 Å². The molecule has 7 heteroatoms. The van der Waals surface area contributed by atoms with E-state index in [4.69, 9.17) is 14.2 Å². The number of carbonyl (C=O) groups is 3. The summed E-state index contributed by atoms with van der Waals surface area (Å²) in [6.45, 7) is 3.48. The van der Waals surface area contributed by atoms with Crippen molar-refractivity contribution in [2.75, 3.05) is 19.5 Å². The molecule has 0 saturated heterocycles. The summed E-state index contributed by atoms with van der Waals surface area (Å²) in [4.78, 5) is 36.3. The number of carbonyl (C=O) groups excluding carboxylic acids is 3. The molecule has 0 radical (unpaired) electrons. The summed E-state index contributed by atoms with van der Waals surface area (Å²) in [6.07, 6.45) is 0.316. The maximum absolute atomic E-state index is 12.6. The van der Waals surface area contributed by atoms with E-state index in [-0.39, 0.29) is 22.6 Å². The zero-order valence-corrected chi connectivity index (χ0v) is 16.3. The third-order valence-electron chi connectivity index (χ3n) is 4.19. The second-order valence-corrected chi connectivity index (χ2v) is 5.97. The summed E-state index contributed by atoms with van der Waals surface area (Å²) in [5, 5.41) is 2.69. The van der Waals surface area contributed by atoms with Crippen molar-refractivity contribution in [2.45, 2.75) is 26.4 Å². The molecule has 0 spiro atoms. The Balaban J connectivity index is 2.17. The average Bonchev–Trinajstić information content (AvgIpc) is 2.72. The molecule has 7 nitrogen and oxygen atoms in total. The van der Waals surface area contributed by atoms with Crippen molar-refractivity contribution in [3.8, 4) is 11.5 Å². The molecule has 1 amide bonds. The zero-order valence-electron chi connectivity index (χ0n) is 16.3. The molecule has 0 aromatic heterocycles. The van der Waals surface area contributed by atoms with E-state index in [2.05, 4.69) is 5.32 Å². The van der Waals surface area contributed by atoms with Crippen LogP contribution in [0.4, 0.5) is 5.69 Å². The van der Waals surface area contributed by atoms with Crippen molar-refractivity contribution < 1.29 is 28.6 Å². The Morgan fingerprint density at radius 1 is 1.07 bits per heavy atom. The first-order valence-electron chi connectivity index (χ1n) is 8.76. The number of hydrogen-bond donors (Lipinski definition) is 1. The number of aldehydes is 1. The number of benzene rings is 2. The van der Waals surface area contributed by atoms with Crippen LogP contribution < -0.4 is 14.8 Å². The van der Waals surface area contributed by atoms with Crippen LogP contribution in [0, 0.1) is 0 Å². The molecule has 2 aromatic carbocycles. The minimum absolute atomic E-state index is 0.0693. The van der Waals surface area contributed by atoms with E-state index < -0.39 is 18.0 Å². The molecule has 0 heterocycles. The molecule has 0 aliphatic carbocycles. The van der Waals surface area contributed by atoms with Crippen molar-refractivity contribution in [3.05, 3.63) is 53.1 Å². The van der Waals surface area contributed by atoms with E-state index in [1.165, 1.54) is 33.3 Å². The van der Waals surface area contributed by atoms with Gasteiger partial charge in [-0.25, -0.2) is 4.79 Å². The fourth-order valence-corrected chi connectivity index (χ4v) is 2.59. The minimum Gasteiger partial charge on any atom is -0.493 e. The van der Waals surface area contributed by atoms with E-state index in [0.717, 1.165) is 12.0 Å². The van der Waals surface area contributed by atoms with Gasteiger partial charge in [-0.15, -0.1) is 0 Å². The van der Waals surface area contributed by atoms with E-state index >= 15 is 0 Å². The van der Waals surface area contributed by atoms with Gasteiger partial charge in [0.1, 0.15) is 5.56 Å². The molecule has 148 valence electrons. The highest BCUT2D eigenvalue weighted by atomic mass is 16.6. The lowest BCUT2D eigenvalue weighted by Crippen LogP contribution is -2.30. The molecule has 0 aliphatic rings. The Labute approximate surface area is 163 Å². The Bertz CT molecular complexity index is 860. The van der Waals surface area contributed by atoms with Crippen LogP contribution in [0.1, 0.15) is 40.1 Å². The fraction of sp³-hybridized carbons (Fsp3) is 0.286. The minimum atomic E-state index is -1.09. The lowest BCUT2D eigenvalue weighted by Gasteiger charge is -2.17. The third-order valence-corrected chi connectivity index (χ3v) is 4.19. The number of amides is 1. The monoisotopic (exact) mass is 385 g/mol. The zero-order chi connectivity index (χ0) is 20.7. The van der Waals surface area contributed by atoms with Gasteiger partial charge < -0.3 is 19.5 Å². The second kappa shape index (κ2) is 9.55. The highest BCUT2D eigenvalue weighted by molar-refractivity contribution is 6.03. The van der Waals surface area contributed by atoms with Gasteiger partial charge in [-0.2, -0.15) is 0 Å². The molecule has 1 N–H and O–H groups in total. The van der Waals surface area contributed by atoms with E-state index in [0.29, 0.717) is 12.0 Å². The smallest absolute Gasteiger partial charge is 0.343 e. The summed E-state index contributed by atoms with van der Waals surface area (Å²) in [5.41, 5.74) is 1.72. The van der Waals surface area contributed by atoms with Gasteiger partial charge >= 0.3 is 5.97 Å². The molecule has 1 atom stereocenters. The summed E-state index contributed by atoms with van der Waals surface area (Å²) in [7, 11) is 2.76. The number of rotatable bonds is 8. The second-order valence-electron chi connectivity index (χ2n) is 5.97. The normalized spacial score (nSPS) is 11.3. The fourth-order valence-electron chi connectivity index (χ4n) is 2.59. The summed E-state index contributed by atoms with van der Waals surface area (Å²) < 4.78 is 15.6. The van der Waals surface area contributed by atoms with Gasteiger partial charge in [0.15, 0.2) is 23.9 Å². The first kappa shape index (κ1) is 21.0. The quantitative estimate of drug-likeness (QED) is 0.554. The Kier molecular flexibility index (Phi) is 7.14. The lowest BCUT2D eigenvalue weighted by atomic mass is 10.1. The van der Waals surface area contributed by atoms with Gasteiger partial charge in [0, 0.05) is 11.3 Å². The van der Waals surface area contributed by atoms with E-state index in [1.807, 2.05) is 19.1 Å². The van der Waals surface area contributed by atoms with Gasteiger partial charge in [0.25, 0.3) is 5.91 Å². The van der Waals surface area contributed by atoms with Crippen molar-refractivity contribution in [1.82, 2.24) is 0 Å². The highest BCUT2D eigenvalue weighted by Gasteiger charge is 2.26. The highest BCUT2D eigenvalue weighted by Crippen LogP contribution is 2.33. The molecule has 0 bridgehead atoms. The van der Waals surface area contributed by atoms with Crippen LogP contribution in [0.3, 0.4) is 0 Å². The Hall–Kier alpha value is -3.35. The molecular formula is C21H23NO6. The number of methoxy groups -OCH3 is 2. The topological polar surface area (TPSA) is 90.9 Å². The number of hydrogen-bond acceptors (Lipinski definition) is 6. The van der Waals surface area contributed by atoms with Crippen molar-refractivity contribution >= 4 is 23.9 Å². The van der Waals surface area contributed by atoms with Crippen molar-refractivity contribution in [3.63, 3.8) is 0 Å². The maximum atomic E-state index is 12.6. The first-order valence-corrected chi connectivity index (χ1v) is 8.76. The van der Waals surface area contributed by atoms with Crippen LogP contribution >= 0.6 is 0 Å². The Morgan fingerprint density at radius 3 is 2.29 bits per heavy atom. The predicted octanol–water partition coefficient (Wildman–Crippen LogP) is 3.26. The SMILES string of the molecule is CCc1ccc(NC(=O)[C@@H](C)OC(=O)c2c(C=O)ccc(OC)c2OC)cc1. The largest absolute Gasteiger partial charge is 0.493 e. The molecule has 28 heavy (non-hydrogen) atoms. The predicted molar refractivity (Wildman–Crippen MR) is 104 cm³/mol. The first-order chi connectivity index (χ1) is 13.4. The van der Waals surface area contributed by atoms with Crippen molar-refractivity contribution in [2.24, 2.45) is 0 Å². The van der Waals surface area contributed by atoms with Crippen LogP contribution in [0.5, 0.6) is 11.5 Å². The summed E-state index contributed by atoms with van der Waals surface area (Å²) >= 11 is 0. The van der Waals surface area contributed by atoms with Gasteiger partial charge in [0.05, 0.1) is 14.2 Å². The molecular weight excluding hydrogens is 362 g/mol. The molecule has 2 aromatic rings. The third kappa shape index (κ3) is 4.68. The van der Waals surface area contributed by atoms with Crippen LogP contribution in [0.15, 0.2) is 36.4 Å². The van der Waals surface area contributed by atoms with Crippen LogP contribution in [-0.2, 0) is 16.0 Å². The number of esters is 1. The van der Waals surface area contributed by atoms with Crippen LogP contribution in [0.2, 0.25) is 0 Å². The maximum Gasteiger partial charge on any atom is 0.343 e. The molecule has 0 saturated carbocycles. The van der Waals surface area contributed by atoms with Gasteiger partial charge in [-0.1, -0.05) is 19.1 Å². The van der Waals surface area contributed by atoms with Gasteiger partial charge in [0.2, 0.25) is 0 Å². The number of nitrogens with one attached hydrogen (secondary N) is 1. The lowest BCUT2D eigenvalue weighted by molar-refractivity contribution is -0.123. The number of anilines is 1. The van der Waals surface area contributed by atoms with Gasteiger partial charge in [-0.05, 0) is 43.2 Å². The van der Waals surface area contributed by atoms with Crippen LogP contribution in [-0.4, -0.2) is 38.5 Å². The summed E-state index contributed by atoms with van der Waals surface area (Å²) in [5.74, 6) is -1.01. The van der Waals surface area contributed by atoms with E-state index in [1.54, 1.807) is 12.1 Å². The molecule has 0 unspecified atom stereocenters. The molecule has 0 aliphatic heterocycles. The summed E-state index contributed by atoms with van der Waals surface area (Å²) in [6, 6.07) is 10.3. The Morgan fingerprint density at radius 2 is 1.75 bits per heavy atom. The number of aryl methyl sites for hydroxylation is 1. The molecule has 0 fully saturated rings.